The zero-order chi connectivity index (χ0) is 11.7. The van der Waals surface area contributed by atoms with Crippen molar-refractivity contribution in [3.05, 3.63) is 36.7 Å². The van der Waals surface area contributed by atoms with Gasteiger partial charge in [0.1, 0.15) is 0 Å². The molecule has 0 saturated carbocycles. The average Bonchev–Trinajstić information content (AvgIpc) is 2.18. The fraction of sp³-hybridized carbons (Fsp3) is 0.300. The van der Waals surface area contributed by atoms with E-state index in [-0.39, 0.29) is 5.75 Å². The first kappa shape index (κ1) is 13.8. The molecule has 0 unspecified atom stereocenters. The van der Waals surface area contributed by atoms with Gasteiger partial charge in [0.2, 0.25) is 0 Å². The molecule has 1 rings (SSSR count). The third-order valence-corrected chi connectivity index (χ3v) is 2.28. The highest BCUT2D eigenvalue weighted by Gasteiger charge is 1.98. The van der Waals surface area contributed by atoms with Gasteiger partial charge < -0.3 is 0 Å². The summed E-state index contributed by atoms with van der Waals surface area (Å²) >= 11 is 0. The minimum atomic E-state index is -3.67. The van der Waals surface area contributed by atoms with Crippen molar-refractivity contribution >= 4 is 16.2 Å². The van der Waals surface area contributed by atoms with Gasteiger partial charge in [-0.3, -0.25) is 9.54 Å². The maximum atomic E-state index is 9.79. The topological polar surface area (TPSA) is 67.3 Å². The average molecular weight is 229 g/mol. The summed E-state index contributed by atoms with van der Waals surface area (Å²) in [6.45, 7) is 5.26. The van der Waals surface area contributed by atoms with Gasteiger partial charge >= 0.3 is 0 Å². The van der Waals surface area contributed by atoms with Crippen LogP contribution in [-0.2, 0) is 10.1 Å². The Hall–Kier alpha value is -1.20. The van der Waals surface area contributed by atoms with Crippen LogP contribution in [0.3, 0.4) is 0 Å². The summed E-state index contributed by atoms with van der Waals surface area (Å²) in [6, 6.07) is 5.73. The Morgan fingerprint density at radius 3 is 2.40 bits per heavy atom. The molecular formula is C10H15NO3S. The van der Waals surface area contributed by atoms with Gasteiger partial charge in [-0.25, -0.2) is 0 Å². The first-order valence-electron chi connectivity index (χ1n) is 4.48. The zero-order valence-corrected chi connectivity index (χ0v) is 9.44. The van der Waals surface area contributed by atoms with Crippen LogP contribution >= 0.6 is 0 Å². The van der Waals surface area contributed by atoms with Gasteiger partial charge in [-0.1, -0.05) is 19.6 Å². The minimum Gasteiger partial charge on any atom is -0.286 e. The Balaban J connectivity index is 0.000000265. The van der Waals surface area contributed by atoms with Gasteiger partial charge in [-0.05, 0) is 24.6 Å². The van der Waals surface area contributed by atoms with E-state index in [1.807, 2.05) is 18.2 Å². The van der Waals surface area contributed by atoms with Crippen molar-refractivity contribution in [3.8, 4) is 0 Å². The molecule has 0 amide bonds. The van der Waals surface area contributed by atoms with Crippen molar-refractivity contribution in [2.75, 3.05) is 5.75 Å². The quantitative estimate of drug-likeness (QED) is 0.805. The molecule has 1 heterocycles. The highest BCUT2D eigenvalue weighted by atomic mass is 32.2. The fourth-order valence-corrected chi connectivity index (χ4v) is 1.27. The molecule has 4 nitrogen and oxygen atoms in total. The van der Waals surface area contributed by atoms with Crippen LogP contribution < -0.4 is 0 Å². The standard InChI is InChI=1S/C7H7N.C3H8O3S/c1-2-7-5-3-4-6-8-7;1-2-3-7(4,5)6/h2-6H,1H2;2-3H2,1H3,(H,4,5,6). The summed E-state index contributed by atoms with van der Waals surface area (Å²) in [7, 11) is -3.67. The van der Waals surface area contributed by atoms with E-state index in [2.05, 4.69) is 11.6 Å². The monoisotopic (exact) mass is 229 g/mol. The Labute approximate surface area is 90.4 Å². The SMILES string of the molecule is C=Cc1ccccn1.CCCS(=O)(=O)O. The van der Waals surface area contributed by atoms with E-state index in [9.17, 15) is 8.42 Å². The maximum absolute atomic E-state index is 9.79. The van der Waals surface area contributed by atoms with Crippen LogP contribution in [0.1, 0.15) is 19.0 Å². The molecule has 0 spiro atoms. The lowest BCUT2D eigenvalue weighted by Gasteiger charge is -1.85. The lowest BCUT2D eigenvalue weighted by atomic mass is 10.4. The van der Waals surface area contributed by atoms with Crippen molar-refractivity contribution in [1.82, 2.24) is 4.98 Å². The highest BCUT2D eigenvalue weighted by Crippen LogP contribution is 1.91. The molecule has 1 N–H and O–H groups in total. The van der Waals surface area contributed by atoms with Crippen LogP contribution in [0, 0.1) is 0 Å². The van der Waals surface area contributed by atoms with Crippen LogP contribution in [0.25, 0.3) is 6.08 Å². The van der Waals surface area contributed by atoms with Crippen molar-refractivity contribution in [2.45, 2.75) is 13.3 Å². The van der Waals surface area contributed by atoms with Crippen molar-refractivity contribution in [3.63, 3.8) is 0 Å². The van der Waals surface area contributed by atoms with Crippen LogP contribution in [0.4, 0.5) is 0 Å². The molecule has 0 aromatic carbocycles. The minimum absolute atomic E-state index is 0.132. The molecule has 0 aliphatic heterocycles. The van der Waals surface area contributed by atoms with Gasteiger partial charge in [0.15, 0.2) is 0 Å². The fourth-order valence-electron chi connectivity index (χ4n) is 0.755. The summed E-state index contributed by atoms with van der Waals surface area (Å²) in [6.07, 6.45) is 3.94. The first-order chi connectivity index (χ1) is 6.99. The van der Waals surface area contributed by atoms with Crippen LogP contribution in [-0.4, -0.2) is 23.7 Å². The molecule has 1 aromatic rings. The van der Waals surface area contributed by atoms with E-state index >= 15 is 0 Å². The van der Waals surface area contributed by atoms with E-state index < -0.39 is 10.1 Å². The van der Waals surface area contributed by atoms with Crippen LogP contribution in [0.15, 0.2) is 31.0 Å². The zero-order valence-electron chi connectivity index (χ0n) is 8.63. The number of hydrogen-bond acceptors (Lipinski definition) is 3. The lowest BCUT2D eigenvalue weighted by molar-refractivity contribution is 0.482. The number of rotatable bonds is 3. The maximum Gasteiger partial charge on any atom is 0.264 e. The Morgan fingerprint density at radius 1 is 1.53 bits per heavy atom. The summed E-state index contributed by atoms with van der Waals surface area (Å²) in [5, 5.41) is 0. The molecule has 0 aliphatic carbocycles. The predicted molar refractivity (Wildman–Crippen MR) is 61.0 cm³/mol. The number of hydrogen-bond donors (Lipinski definition) is 1. The van der Waals surface area contributed by atoms with Gasteiger partial charge in [0.05, 0.1) is 11.4 Å². The third kappa shape index (κ3) is 9.11. The van der Waals surface area contributed by atoms with Crippen LogP contribution in [0.5, 0.6) is 0 Å². The van der Waals surface area contributed by atoms with Gasteiger partial charge in [0.25, 0.3) is 10.1 Å². The molecule has 0 fully saturated rings. The number of pyridine rings is 1. The van der Waals surface area contributed by atoms with Gasteiger partial charge in [0, 0.05) is 6.20 Å². The second-order valence-electron chi connectivity index (χ2n) is 2.74. The molecule has 5 heteroatoms. The molecule has 0 saturated heterocycles. The Morgan fingerprint density at radius 2 is 2.20 bits per heavy atom. The van der Waals surface area contributed by atoms with E-state index in [1.165, 1.54) is 0 Å². The largest absolute Gasteiger partial charge is 0.286 e. The summed E-state index contributed by atoms with van der Waals surface area (Å²) in [5.74, 6) is -0.132. The Kier molecular flexibility index (Phi) is 6.57. The molecule has 0 atom stereocenters. The predicted octanol–water partition coefficient (Wildman–Crippen LogP) is 2.01. The first-order valence-corrected chi connectivity index (χ1v) is 6.09. The third-order valence-electron chi connectivity index (χ3n) is 1.36. The molecule has 0 bridgehead atoms. The Bertz CT molecular complexity index is 373. The summed E-state index contributed by atoms with van der Waals surface area (Å²) < 4.78 is 27.6. The number of aromatic nitrogens is 1. The normalized spacial score (nSPS) is 10.0. The van der Waals surface area contributed by atoms with E-state index in [0.717, 1.165) is 5.69 Å². The summed E-state index contributed by atoms with van der Waals surface area (Å²) in [4.78, 5) is 3.98. The smallest absolute Gasteiger partial charge is 0.264 e. The van der Waals surface area contributed by atoms with Gasteiger partial charge in [-0.2, -0.15) is 8.42 Å². The second kappa shape index (κ2) is 7.14. The van der Waals surface area contributed by atoms with E-state index in [1.54, 1.807) is 19.2 Å². The second-order valence-corrected chi connectivity index (χ2v) is 4.32. The van der Waals surface area contributed by atoms with E-state index in [0.29, 0.717) is 6.42 Å². The van der Waals surface area contributed by atoms with Crippen molar-refractivity contribution in [2.24, 2.45) is 0 Å². The molecular weight excluding hydrogens is 214 g/mol. The lowest BCUT2D eigenvalue weighted by Crippen LogP contribution is -2.01. The van der Waals surface area contributed by atoms with Crippen LogP contribution in [0.2, 0.25) is 0 Å². The molecule has 0 radical (unpaired) electrons. The van der Waals surface area contributed by atoms with Gasteiger partial charge in [-0.15, -0.1) is 0 Å². The summed E-state index contributed by atoms with van der Waals surface area (Å²) in [5.41, 5.74) is 0.924. The molecule has 84 valence electrons. The highest BCUT2D eigenvalue weighted by molar-refractivity contribution is 7.85. The molecule has 1 aromatic heterocycles. The molecule has 0 aliphatic rings. The van der Waals surface area contributed by atoms with Crippen molar-refractivity contribution in [1.29, 1.82) is 0 Å². The van der Waals surface area contributed by atoms with E-state index in [4.69, 9.17) is 4.55 Å². The molecule has 15 heavy (non-hydrogen) atoms. The number of nitrogens with zero attached hydrogens (tertiary/aromatic N) is 1. The van der Waals surface area contributed by atoms with Crippen molar-refractivity contribution < 1.29 is 13.0 Å².